The second-order valence-electron chi connectivity index (χ2n) is 9.14. The number of carbonyl (C=O) groups excluding carboxylic acids is 1. The minimum absolute atomic E-state index is 0.0419. The van der Waals surface area contributed by atoms with Crippen molar-refractivity contribution in [2.45, 2.75) is 31.2 Å². The Kier molecular flexibility index (Phi) is 11.1. The van der Waals surface area contributed by atoms with Crippen LogP contribution >= 0.6 is 11.8 Å². The molecule has 0 unspecified atom stereocenters. The lowest BCUT2D eigenvalue weighted by Crippen LogP contribution is -2.39. The number of nitrogens with one attached hydrogen (secondary N) is 1. The first-order valence-corrected chi connectivity index (χ1v) is 15.0. The largest absolute Gasteiger partial charge is 0.497 e. The van der Waals surface area contributed by atoms with Gasteiger partial charge in [0, 0.05) is 62.0 Å². The summed E-state index contributed by atoms with van der Waals surface area (Å²) in [5.41, 5.74) is 10.8. The van der Waals surface area contributed by atoms with Gasteiger partial charge in [-0.2, -0.15) is 11.8 Å². The minimum Gasteiger partial charge on any atom is -0.497 e. The summed E-state index contributed by atoms with van der Waals surface area (Å²) in [6.45, 7) is 4.39. The molecule has 1 aliphatic heterocycles. The van der Waals surface area contributed by atoms with E-state index >= 15 is 0 Å². The van der Waals surface area contributed by atoms with Crippen molar-refractivity contribution in [1.29, 1.82) is 0 Å². The van der Waals surface area contributed by atoms with Crippen molar-refractivity contribution in [1.82, 2.24) is 14.6 Å². The fourth-order valence-corrected chi connectivity index (χ4v) is 6.93. The number of hydrogen-bond donors (Lipinski definition) is 1. The molecule has 0 spiro atoms. The molecule has 1 amide bonds. The first-order chi connectivity index (χ1) is 18.3. The second kappa shape index (κ2) is 14.2. The highest BCUT2D eigenvalue weighted by molar-refractivity contribution is 8.00. The van der Waals surface area contributed by atoms with Crippen LogP contribution in [0.25, 0.3) is 10.4 Å². The molecule has 0 bridgehead atoms. The molecule has 1 aromatic carbocycles. The van der Waals surface area contributed by atoms with E-state index in [2.05, 4.69) is 25.2 Å². The van der Waals surface area contributed by atoms with Gasteiger partial charge in [0.2, 0.25) is 15.9 Å². The van der Waals surface area contributed by atoms with Crippen LogP contribution in [0.1, 0.15) is 24.0 Å². The van der Waals surface area contributed by atoms with Crippen LogP contribution in [0.4, 0.5) is 5.69 Å². The third kappa shape index (κ3) is 8.00. The normalized spacial score (nSPS) is 14.3. The molecule has 11 nitrogen and oxygen atoms in total. The van der Waals surface area contributed by atoms with Gasteiger partial charge in [0.25, 0.3) is 0 Å². The SMILES string of the molecule is COc1cc(C)c(S(=O)(=O)N(C)CCSCC(=O)NCC2CCN(c3ccncc3)CC2)c(CN=[N+]=[N-])c1. The van der Waals surface area contributed by atoms with E-state index in [1.165, 1.54) is 35.9 Å². The number of sulfonamides is 1. The Hall–Kier alpha value is -2.99. The number of benzene rings is 1. The number of nitrogens with zero attached hydrogens (tertiary/aromatic N) is 6. The molecular formula is C25H35N7O4S2. The van der Waals surface area contributed by atoms with E-state index in [-0.39, 0.29) is 29.6 Å². The molecule has 1 aromatic heterocycles. The molecule has 1 fully saturated rings. The van der Waals surface area contributed by atoms with E-state index in [1.54, 1.807) is 31.5 Å². The van der Waals surface area contributed by atoms with E-state index < -0.39 is 10.0 Å². The maximum atomic E-state index is 13.3. The van der Waals surface area contributed by atoms with Gasteiger partial charge in [0.1, 0.15) is 5.75 Å². The number of carbonyl (C=O) groups is 1. The average molecular weight is 562 g/mol. The molecule has 206 valence electrons. The Morgan fingerprint density at radius 2 is 2.03 bits per heavy atom. The molecule has 0 aliphatic carbocycles. The molecule has 0 atom stereocenters. The number of anilines is 1. The van der Waals surface area contributed by atoms with Gasteiger partial charge in [0.15, 0.2) is 0 Å². The fourth-order valence-electron chi connectivity index (χ4n) is 4.42. The molecule has 2 aromatic rings. The quantitative estimate of drug-likeness (QED) is 0.170. The van der Waals surface area contributed by atoms with Gasteiger partial charge in [-0.1, -0.05) is 5.11 Å². The lowest BCUT2D eigenvalue weighted by Gasteiger charge is -2.33. The second-order valence-corrected chi connectivity index (χ2v) is 12.2. The Labute approximate surface area is 228 Å². The topological polar surface area (TPSA) is 141 Å². The summed E-state index contributed by atoms with van der Waals surface area (Å²) in [5.74, 6) is 1.64. The summed E-state index contributed by atoms with van der Waals surface area (Å²) in [6.07, 6.45) is 5.64. The van der Waals surface area contributed by atoms with Crippen LogP contribution in [0.2, 0.25) is 0 Å². The predicted octanol–water partition coefficient (Wildman–Crippen LogP) is 3.60. The third-order valence-corrected chi connectivity index (χ3v) is 9.59. The van der Waals surface area contributed by atoms with E-state index in [0.717, 1.165) is 25.9 Å². The van der Waals surface area contributed by atoms with Crippen molar-refractivity contribution in [3.8, 4) is 5.75 Å². The highest BCUT2D eigenvalue weighted by atomic mass is 32.2. The lowest BCUT2D eigenvalue weighted by molar-refractivity contribution is -0.118. The molecule has 0 saturated carbocycles. The maximum absolute atomic E-state index is 13.3. The molecular weight excluding hydrogens is 526 g/mol. The van der Waals surface area contributed by atoms with Crippen molar-refractivity contribution >= 4 is 33.4 Å². The number of azide groups is 1. The number of pyridine rings is 1. The molecule has 38 heavy (non-hydrogen) atoms. The smallest absolute Gasteiger partial charge is 0.243 e. The number of amides is 1. The summed E-state index contributed by atoms with van der Waals surface area (Å²) < 4.78 is 33.1. The minimum atomic E-state index is -3.83. The molecule has 1 aliphatic rings. The van der Waals surface area contributed by atoms with Gasteiger partial charge >= 0.3 is 0 Å². The number of rotatable bonds is 13. The van der Waals surface area contributed by atoms with Gasteiger partial charge in [-0.05, 0) is 66.6 Å². The Balaban J connectivity index is 1.43. The van der Waals surface area contributed by atoms with Crippen molar-refractivity contribution < 1.29 is 17.9 Å². The number of thioether (sulfide) groups is 1. The maximum Gasteiger partial charge on any atom is 0.243 e. The van der Waals surface area contributed by atoms with Gasteiger partial charge < -0.3 is 15.0 Å². The molecule has 1 saturated heterocycles. The number of piperidine rings is 1. The monoisotopic (exact) mass is 561 g/mol. The number of aryl methyl sites for hydroxylation is 1. The highest BCUT2D eigenvalue weighted by Gasteiger charge is 2.26. The summed E-state index contributed by atoms with van der Waals surface area (Å²) >= 11 is 1.39. The Morgan fingerprint density at radius 1 is 1.32 bits per heavy atom. The molecule has 1 N–H and O–H groups in total. The number of hydrogen-bond acceptors (Lipinski definition) is 8. The Bertz CT molecular complexity index is 1230. The number of aromatic nitrogens is 1. The van der Waals surface area contributed by atoms with E-state index in [1.807, 2.05) is 12.1 Å². The first-order valence-electron chi connectivity index (χ1n) is 12.4. The summed E-state index contributed by atoms with van der Waals surface area (Å²) in [7, 11) is -0.831. The van der Waals surface area contributed by atoms with Crippen molar-refractivity contribution in [2.24, 2.45) is 11.0 Å². The van der Waals surface area contributed by atoms with Gasteiger partial charge in [0.05, 0.1) is 24.3 Å². The van der Waals surface area contributed by atoms with Crippen LogP contribution in [0.15, 0.2) is 46.7 Å². The number of methoxy groups -OCH3 is 1. The first kappa shape index (κ1) is 29.6. The van der Waals surface area contributed by atoms with E-state index in [0.29, 0.717) is 35.1 Å². The van der Waals surface area contributed by atoms with E-state index in [9.17, 15) is 13.2 Å². The van der Waals surface area contributed by atoms with Crippen LogP contribution in [0.5, 0.6) is 5.75 Å². The predicted molar refractivity (Wildman–Crippen MR) is 150 cm³/mol. The van der Waals surface area contributed by atoms with Gasteiger partial charge in [-0.3, -0.25) is 9.78 Å². The van der Waals surface area contributed by atoms with Crippen LogP contribution in [-0.4, -0.2) is 75.5 Å². The van der Waals surface area contributed by atoms with Crippen molar-refractivity contribution in [3.63, 3.8) is 0 Å². The summed E-state index contributed by atoms with van der Waals surface area (Å²) in [4.78, 5) is 21.6. The zero-order chi connectivity index (χ0) is 27.5. The van der Waals surface area contributed by atoms with E-state index in [4.69, 9.17) is 10.3 Å². The zero-order valence-corrected chi connectivity index (χ0v) is 23.7. The van der Waals surface area contributed by atoms with Gasteiger partial charge in [-0.25, -0.2) is 12.7 Å². The fraction of sp³-hybridized carbons (Fsp3) is 0.520. The Morgan fingerprint density at radius 3 is 2.68 bits per heavy atom. The van der Waals surface area contributed by atoms with Crippen LogP contribution in [-0.2, 0) is 21.4 Å². The van der Waals surface area contributed by atoms with Crippen molar-refractivity contribution in [3.05, 3.63) is 58.2 Å². The van der Waals surface area contributed by atoms with Crippen LogP contribution < -0.4 is 15.0 Å². The third-order valence-electron chi connectivity index (χ3n) is 6.55. The molecule has 2 heterocycles. The zero-order valence-electron chi connectivity index (χ0n) is 22.0. The molecule has 0 radical (unpaired) electrons. The van der Waals surface area contributed by atoms with Gasteiger partial charge in [-0.15, -0.1) is 0 Å². The molecule has 13 heteroatoms. The summed E-state index contributed by atoms with van der Waals surface area (Å²) in [5, 5.41) is 6.57. The average Bonchev–Trinajstić information content (AvgIpc) is 2.93. The van der Waals surface area contributed by atoms with Crippen molar-refractivity contribution in [2.75, 3.05) is 56.7 Å². The highest BCUT2D eigenvalue weighted by Crippen LogP contribution is 2.29. The van der Waals surface area contributed by atoms with Crippen LogP contribution in [0, 0.1) is 12.8 Å². The standard InChI is InChI=1S/C25H35N7O4S2/c1-19-14-23(36-3)15-21(17-29-30-26)25(19)38(34,35)31(2)12-13-37-18-24(33)28-16-20-6-10-32(11-7-20)22-4-8-27-9-5-22/h4-5,8-9,14-15,20H,6-7,10-13,16-18H2,1-3H3,(H,28,33). The summed E-state index contributed by atoms with van der Waals surface area (Å²) in [6, 6.07) is 7.25. The lowest BCUT2D eigenvalue weighted by atomic mass is 9.96. The number of ether oxygens (including phenoxy) is 1. The van der Waals surface area contributed by atoms with Crippen LogP contribution in [0.3, 0.4) is 0 Å². The molecule has 3 rings (SSSR count).